The molecule has 1 aromatic carbocycles. The number of fused-ring (bicyclic) bond motifs is 1. The van der Waals surface area contributed by atoms with E-state index in [4.69, 9.17) is 5.26 Å². The van der Waals surface area contributed by atoms with Crippen LogP contribution in [-0.4, -0.2) is 39.4 Å². The summed E-state index contributed by atoms with van der Waals surface area (Å²) in [6, 6.07) is 8.62. The SMILES string of the molecule is CC1c2nc(CC(=O)NCC3CC3)cn2CCN1C(=O)c1cccc(C#N)c1. The Labute approximate surface area is 164 Å². The lowest BCUT2D eigenvalue weighted by atomic mass is 10.1. The van der Waals surface area contributed by atoms with E-state index in [2.05, 4.69) is 16.4 Å². The van der Waals surface area contributed by atoms with Gasteiger partial charge in [-0.25, -0.2) is 4.98 Å². The van der Waals surface area contributed by atoms with E-state index in [-0.39, 0.29) is 24.3 Å². The Morgan fingerprint density at radius 1 is 1.32 bits per heavy atom. The molecule has 1 N–H and O–H groups in total. The number of hydrogen-bond acceptors (Lipinski definition) is 4. The van der Waals surface area contributed by atoms with Crippen LogP contribution in [0.2, 0.25) is 0 Å². The van der Waals surface area contributed by atoms with Crippen molar-refractivity contribution in [2.24, 2.45) is 5.92 Å². The monoisotopic (exact) mass is 377 g/mol. The first-order valence-corrected chi connectivity index (χ1v) is 9.69. The molecule has 1 fully saturated rings. The number of hydrogen-bond donors (Lipinski definition) is 1. The number of carbonyl (C=O) groups excluding carboxylic acids is 2. The Balaban J connectivity index is 1.46. The molecule has 144 valence electrons. The summed E-state index contributed by atoms with van der Waals surface area (Å²) in [6.45, 7) is 3.90. The molecule has 0 radical (unpaired) electrons. The lowest BCUT2D eigenvalue weighted by Crippen LogP contribution is -2.41. The van der Waals surface area contributed by atoms with Gasteiger partial charge < -0.3 is 14.8 Å². The molecule has 7 nitrogen and oxygen atoms in total. The zero-order valence-electron chi connectivity index (χ0n) is 15.9. The highest BCUT2D eigenvalue weighted by molar-refractivity contribution is 5.94. The van der Waals surface area contributed by atoms with Gasteiger partial charge in [0.05, 0.1) is 29.8 Å². The number of nitriles is 1. The van der Waals surface area contributed by atoms with E-state index in [0.29, 0.717) is 30.1 Å². The molecule has 1 aliphatic carbocycles. The molecule has 2 aromatic rings. The molecule has 1 aliphatic heterocycles. The molecule has 2 heterocycles. The summed E-state index contributed by atoms with van der Waals surface area (Å²) in [4.78, 5) is 31.5. The minimum atomic E-state index is -0.199. The van der Waals surface area contributed by atoms with E-state index in [1.54, 1.807) is 29.2 Å². The second-order valence-corrected chi connectivity index (χ2v) is 7.58. The fourth-order valence-electron chi connectivity index (χ4n) is 3.60. The molecular formula is C21H23N5O2. The number of nitrogens with zero attached hydrogens (tertiary/aromatic N) is 4. The number of carbonyl (C=O) groups is 2. The summed E-state index contributed by atoms with van der Waals surface area (Å²) in [5.74, 6) is 1.33. The summed E-state index contributed by atoms with van der Waals surface area (Å²) in [5.41, 5.74) is 1.71. The molecule has 1 unspecified atom stereocenters. The van der Waals surface area contributed by atoms with Gasteiger partial charge in [-0.1, -0.05) is 6.07 Å². The Kier molecular flexibility index (Phi) is 4.86. The predicted octanol–water partition coefficient (Wildman–Crippen LogP) is 2.04. The molecule has 4 rings (SSSR count). The Hall–Kier alpha value is -3.14. The number of rotatable bonds is 5. The standard InChI is InChI=1S/C21H23N5O2/c1-14-20-24-18(10-19(27)23-12-15-5-6-15)13-25(20)7-8-26(14)21(28)17-4-2-3-16(9-17)11-22/h2-4,9,13-15H,5-8,10,12H2,1H3,(H,23,27). The molecule has 2 amide bonds. The highest BCUT2D eigenvalue weighted by atomic mass is 16.2. The van der Waals surface area contributed by atoms with Gasteiger partial charge in [-0.3, -0.25) is 9.59 Å². The average Bonchev–Trinajstić information content (AvgIpc) is 3.45. The maximum absolute atomic E-state index is 12.9. The van der Waals surface area contributed by atoms with E-state index in [1.807, 2.05) is 17.7 Å². The van der Waals surface area contributed by atoms with Gasteiger partial charge in [-0.2, -0.15) is 5.26 Å². The quantitative estimate of drug-likeness (QED) is 0.863. The number of imidazole rings is 1. The lowest BCUT2D eigenvalue weighted by Gasteiger charge is -2.33. The van der Waals surface area contributed by atoms with Gasteiger partial charge in [0.2, 0.25) is 5.91 Å². The van der Waals surface area contributed by atoms with E-state index in [1.165, 1.54) is 12.8 Å². The third-order valence-electron chi connectivity index (χ3n) is 5.41. The summed E-state index contributed by atoms with van der Waals surface area (Å²) >= 11 is 0. The van der Waals surface area contributed by atoms with E-state index >= 15 is 0 Å². The highest BCUT2D eigenvalue weighted by Gasteiger charge is 2.30. The molecule has 28 heavy (non-hydrogen) atoms. The second kappa shape index (κ2) is 7.47. The van der Waals surface area contributed by atoms with Crippen LogP contribution >= 0.6 is 0 Å². The van der Waals surface area contributed by atoms with Crippen LogP contribution in [0.15, 0.2) is 30.5 Å². The van der Waals surface area contributed by atoms with E-state index in [0.717, 1.165) is 18.1 Å². The number of benzene rings is 1. The average molecular weight is 377 g/mol. The van der Waals surface area contributed by atoms with Crippen molar-refractivity contribution in [1.29, 1.82) is 5.26 Å². The van der Waals surface area contributed by atoms with Crippen molar-refractivity contribution in [2.45, 2.75) is 38.8 Å². The van der Waals surface area contributed by atoms with Crippen molar-refractivity contribution in [1.82, 2.24) is 19.8 Å². The second-order valence-electron chi connectivity index (χ2n) is 7.58. The van der Waals surface area contributed by atoms with Gasteiger partial charge in [0.1, 0.15) is 5.82 Å². The number of aromatic nitrogens is 2. The molecule has 2 aliphatic rings. The van der Waals surface area contributed by atoms with Crippen LogP contribution in [0.3, 0.4) is 0 Å². The summed E-state index contributed by atoms with van der Waals surface area (Å²) in [6.07, 6.45) is 4.59. The van der Waals surface area contributed by atoms with Gasteiger partial charge in [-0.05, 0) is 43.9 Å². The fraction of sp³-hybridized carbons (Fsp3) is 0.429. The van der Waals surface area contributed by atoms with Gasteiger partial charge in [0.25, 0.3) is 5.91 Å². The number of amides is 2. The van der Waals surface area contributed by atoms with Crippen LogP contribution in [0, 0.1) is 17.2 Å². The Morgan fingerprint density at radius 3 is 2.89 bits per heavy atom. The predicted molar refractivity (Wildman–Crippen MR) is 102 cm³/mol. The number of nitrogens with one attached hydrogen (secondary N) is 1. The molecule has 0 bridgehead atoms. The summed E-state index contributed by atoms with van der Waals surface area (Å²) < 4.78 is 2.03. The third kappa shape index (κ3) is 3.77. The normalized spacial score (nSPS) is 18.3. The van der Waals surface area contributed by atoms with Crippen LogP contribution in [0.1, 0.15) is 53.2 Å². The molecule has 1 aromatic heterocycles. The van der Waals surface area contributed by atoms with Gasteiger partial charge in [-0.15, -0.1) is 0 Å². The fourth-order valence-corrected chi connectivity index (χ4v) is 3.60. The largest absolute Gasteiger partial charge is 0.355 e. The third-order valence-corrected chi connectivity index (χ3v) is 5.41. The van der Waals surface area contributed by atoms with Gasteiger partial charge in [0, 0.05) is 31.4 Å². The summed E-state index contributed by atoms with van der Waals surface area (Å²) in [7, 11) is 0. The Bertz CT molecular complexity index is 954. The van der Waals surface area contributed by atoms with Crippen molar-refractivity contribution in [2.75, 3.05) is 13.1 Å². The first-order chi connectivity index (χ1) is 13.5. The van der Waals surface area contributed by atoms with Crippen LogP contribution in [-0.2, 0) is 17.8 Å². The molecule has 1 atom stereocenters. The van der Waals surface area contributed by atoms with Crippen molar-refractivity contribution in [3.63, 3.8) is 0 Å². The first-order valence-electron chi connectivity index (χ1n) is 9.69. The molecule has 7 heteroatoms. The van der Waals surface area contributed by atoms with Crippen molar-refractivity contribution in [3.05, 3.63) is 53.1 Å². The zero-order chi connectivity index (χ0) is 19.7. The minimum Gasteiger partial charge on any atom is -0.355 e. The topological polar surface area (TPSA) is 91.0 Å². The van der Waals surface area contributed by atoms with Crippen LogP contribution in [0.5, 0.6) is 0 Å². The maximum Gasteiger partial charge on any atom is 0.254 e. The Morgan fingerprint density at radius 2 is 2.14 bits per heavy atom. The molecule has 1 saturated carbocycles. The first kappa shape index (κ1) is 18.2. The lowest BCUT2D eigenvalue weighted by molar-refractivity contribution is -0.120. The molecular weight excluding hydrogens is 354 g/mol. The smallest absolute Gasteiger partial charge is 0.254 e. The van der Waals surface area contributed by atoms with Crippen molar-refractivity contribution in [3.8, 4) is 6.07 Å². The van der Waals surface area contributed by atoms with E-state index in [9.17, 15) is 9.59 Å². The van der Waals surface area contributed by atoms with Crippen molar-refractivity contribution >= 4 is 11.8 Å². The maximum atomic E-state index is 12.9. The van der Waals surface area contributed by atoms with Gasteiger partial charge in [0.15, 0.2) is 0 Å². The van der Waals surface area contributed by atoms with Crippen LogP contribution < -0.4 is 5.32 Å². The minimum absolute atomic E-state index is 0.00347. The van der Waals surface area contributed by atoms with E-state index < -0.39 is 0 Å². The van der Waals surface area contributed by atoms with Crippen molar-refractivity contribution < 1.29 is 9.59 Å². The molecule has 0 spiro atoms. The highest BCUT2D eigenvalue weighted by Crippen LogP contribution is 2.28. The summed E-state index contributed by atoms with van der Waals surface area (Å²) in [5, 5.41) is 12.0. The van der Waals surface area contributed by atoms with Crippen LogP contribution in [0.25, 0.3) is 0 Å². The zero-order valence-corrected chi connectivity index (χ0v) is 15.9. The van der Waals surface area contributed by atoms with Gasteiger partial charge >= 0.3 is 0 Å². The molecule has 0 saturated heterocycles. The van der Waals surface area contributed by atoms with Crippen LogP contribution in [0.4, 0.5) is 0 Å².